The highest BCUT2D eigenvalue weighted by molar-refractivity contribution is 7.91. The zero-order valence-electron chi connectivity index (χ0n) is 6.74. The summed E-state index contributed by atoms with van der Waals surface area (Å²) in [5.74, 6) is -0.592. The molecule has 4 nitrogen and oxygen atoms in total. The van der Waals surface area contributed by atoms with Crippen LogP contribution < -0.4 is 0 Å². The van der Waals surface area contributed by atoms with E-state index in [9.17, 15) is 13.2 Å². The molecule has 0 N–H and O–H groups in total. The third-order valence-electron chi connectivity index (χ3n) is 1.64. The standard InChI is InChI=1S/C7H10O4S/c1-11-7(8)6-3-2-4-12(9,10)5-6/h3H,2,4-5H2,1H3. The number of methoxy groups -OCH3 is 1. The molecule has 1 aliphatic heterocycles. The van der Waals surface area contributed by atoms with Gasteiger partial charge in [-0.05, 0) is 6.42 Å². The number of allylic oxidation sites excluding steroid dienone is 1. The molecule has 0 saturated heterocycles. The van der Waals surface area contributed by atoms with Crippen molar-refractivity contribution in [2.24, 2.45) is 0 Å². The lowest BCUT2D eigenvalue weighted by atomic mass is 10.2. The molecule has 1 heterocycles. The van der Waals surface area contributed by atoms with Gasteiger partial charge in [-0.1, -0.05) is 6.08 Å². The Kier molecular flexibility index (Phi) is 2.52. The first-order chi connectivity index (χ1) is 5.55. The summed E-state index contributed by atoms with van der Waals surface area (Å²) in [4.78, 5) is 10.9. The Balaban J connectivity index is 2.82. The van der Waals surface area contributed by atoms with Crippen LogP contribution in [0, 0.1) is 0 Å². The molecule has 0 saturated carbocycles. The van der Waals surface area contributed by atoms with Gasteiger partial charge in [0.05, 0.1) is 18.6 Å². The molecule has 0 unspecified atom stereocenters. The van der Waals surface area contributed by atoms with E-state index in [2.05, 4.69) is 4.74 Å². The Bertz CT molecular complexity index is 312. The van der Waals surface area contributed by atoms with E-state index in [1.807, 2.05) is 0 Å². The molecule has 1 rings (SSSR count). The lowest BCUT2D eigenvalue weighted by Crippen LogP contribution is -2.22. The van der Waals surface area contributed by atoms with Gasteiger partial charge in [0.2, 0.25) is 0 Å². The Morgan fingerprint density at radius 2 is 2.25 bits per heavy atom. The van der Waals surface area contributed by atoms with Gasteiger partial charge in [0.1, 0.15) is 0 Å². The number of hydrogen-bond acceptors (Lipinski definition) is 4. The van der Waals surface area contributed by atoms with Crippen molar-refractivity contribution in [2.45, 2.75) is 6.42 Å². The van der Waals surface area contributed by atoms with Gasteiger partial charge in [-0.15, -0.1) is 0 Å². The lowest BCUT2D eigenvalue weighted by molar-refractivity contribution is -0.136. The molecular weight excluding hydrogens is 180 g/mol. The second-order valence-electron chi connectivity index (χ2n) is 2.60. The summed E-state index contributed by atoms with van der Waals surface area (Å²) in [5.41, 5.74) is 0.253. The predicted molar refractivity (Wildman–Crippen MR) is 43.4 cm³/mol. The predicted octanol–water partition coefficient (Wildman–Crippen LogP) is -0.0957. The summed E-state index contributed by atoms with van der Waals surface area (Å²) in [6.07, 6.45) is 2.03. The van der Waals surface area contributed by atoms with Crippen molar-refractivity contribution in [3.05, 3.63) is 11.6 Å². The summed E-state index contributed by atoms with van der Waals surface area (Å²) in [7, 11) is -1.82. The molecule has 68 valence electrons. The molecule has 1 aliphatic rings. The van der Waals surface area contributed by atoms with E-state index in [0.29, 0.717) is 6.42 Å². The van der Waals surface area contributed by atoms with Crippen LogP contribution in [0.2, 0.25) is 0 Å². The second kappa shape index (κ2) is 3.26. The Labute approximate surface area is 71.1 Å². The SMILES string of the molecule is COC(=O)C1=CCCS(=O)(=O)C1. The fraction of sp³-hybridized carbons (Fsp3) is 0.571. The number of carbonyl (C=O) groups is 1. The monoisotopic (exact) mass is 190 g/mol. The summed E-state index contributed by atoms with van der Waals surface area (Å²) in [6.45, 7) is 0. The van der Waals surface area contributed by atoms with Crippen LogP contribution in [-0.4, -0.2) is 33.0 Å². The van der Waals surface area contributed by atoms with Gasteiger partial charge in [-0.3, -0.25) is 0 Å². The van der Waals surface area contributed by atoms with Crippen molar-refractivity contribution in [3.8, 4) is 0 Å². The molecule has 0 aromatic rings. The van der Waals surface area contributed by atoms with Crippen molar-refractivity contribution in [1.82, 2.24) is 0 Å². The van der Waals surface area contributed by atoms with Gasteiger partial charge in [-0.25, -0.2) is 13.2 Å². The normalized spacial score (nSPS) is 21.2. The number of ether oxygens (including phenoxy) is 1. The minimum Gasteiger partial charge on any atom is -0.466 e. The number of carbonyl (C=O) groups excluding carboxylic acids is 1. The van der Waals surface area contributed by atoms with Gasteiger partial charge >= 0.3 is 5.97 Å². The smallest absolute Gasteiger partial charge is 0.334 e. The molecule has 0 fully saturated rings. The topological polar surface area (TPSA) is 60.4 Å². The van der Waals surface area contributed by atoms with Crippen molar-refractivity contribution < 1.29 is 17.9 Å². The van der Waals surface area contributed by atoms with E-state index in [4.69, 9.17) is 0 Å². The van der Waals surface area contributed by atoms with Gasteiger partial charge < -0.3 is 4.74 Å². The minimum absolute atomic E-state index is 0.132. The van der Waals surface area contributed by atoms with Crippen molar-refractivity contribution in [1.29, 1.82) is 0 Å². The van der Waals surface area contributed by atoms with Crippen LogP contribution in [0.1, 0.15) is 6.42 Å². The van der Waals surface area contributed by atoms with Crippen LogP contribution in [0.25, 0.3) is 0 Å². The van der Waals surface area contributed by atoms with Crippen LogP contribution in [0.15, 0.2) is 11.6 Å². The molecule has 0 bridgehead atoms. The summed E-state index contributed by atoms with van der Waals surface area (Å²) >= 11 is 0. The first-order valence-electron chi connectivity index (χ1n) is 3.53. The molecule has 0 spiro atoms. The van der Waals surface area contributed by atoms with Crippen LogP contribution in [-0.2, 0) is 19.4 Å². The lowest BCUT2D eigenvalue weighted by Gasteiger charge is -2.10. The van der Waals surface area contributed by atoms with Crippen molar-refractivity contribution >= 4 is 15.8 Å². The first-order valence-corrected chi connectivity index (χ1v) is 5.35. The molecule has 0 radical (unpaired) electrons. The third-order valence-corrected chi connectivity index (χ3v) is 3.25. The Morgan fingerprint density at radius 1 is 1.58 bits per heavy atom. The molecule has 0 aromatic carbocycles. The van der Waals surface area contributed by atoms with Gasteiger partial charge in [0.15, 0.2) is 9.84 Å². The number of esters is 1. The number of rotatable bonds is 1. The van der Waals surface area contributed by atoms with E-state index >= 15 is 0 Å². The fourth-order valence-corrected chi connectivity index (χ4v) is 2.38. The maximum Gasteiger partial charge on any atom is 0.334 e. The number of sulfone groups is 1. The fourth-order valence-electron chi connectivity index (χ4n) is 1.05. The van der Waals surface area contributed by atoms with E-state index < -0.39 is 15.8 Å². The largest absolute Gasteiger partial charge is 0.466 e. The second-order valence-corrected chi connectivity index (χ2v) is 4.79. The Morgan fingerprint density at radius 3 is 2.75 bits per heavy atom. The van der Waals surface area contributed by atoms with Crippen molar-refractivity contribution in [2.75, 3.05) is 18.6 Å². The first kappa shape index (κ1) is 9.25. The molecular formula is C7H10O4S. The van der Waals surface area contributed by atoms with Crippen LogP contribution in [0.4, 0.5) is 0 Å². The highest BCUT2D eigenvalue weighted by atomic mass is 32.2. The summed E-state index contributed by atoms with van der Waals surface area (Å²) in [5, 5.41) is 0. The van der Waals surface area contributed by atoms with Gasteiger partial charge in [-0.2, -0.15) is 0 Å². The number of hydrogen-bond donors (Lipinski definition) is 0. The summed E-state index contributed by atoms with van der Waals surface area (Å²) < 4.78 is 26.5. The minimum atomic E-state index is -3.06. The molecule has 0 aliphatic carbocycles. The van der Waals surface area contributed by atoms with E-state index in [0.717, 1.165) is 0 Å². The van der Waals surface area contributed by atoms with Crippen molar-refractivity contribution in [3.63, 3.8) is 0 Å². The third kappa shape index (κ3) is 2.07. The van der Waals surface area contributed by atoms with Crippen LogP contribution in [0.5, 0.6) is 0 Å². The maximum absolute atomic E-state index is 11.0. The van der Waals surface area contributed by atoms with E-state index in [1.165, 1.54) is 7.11 Å². The molecule has 0 atom stereocenters. The highest BCUT2D eigenvalue weighted by Crippen LogP contribution is 2.12. The van der Waals surface area contributed by atoms with Crippen LogP contribution in [0.3, 0.4) is 0 Å². The van der Waals surface area contributed by atoms with E-state index in [1.54, 1.807) is 6.08 Å². The van der Waals surface area contributed by atoms with Crippen LogP contribution >= 0.6 is 0 Å². The Hall–Kier alpha value is -0.840. The molecule has 0 amide bonds. The molecule has 5 heteroatoms. The average molecular weight is 190 g/mol. The highest BCUT2D eigenvalue weighted by Gasteiger charge is 2.22. The van der Waals surface area contributed by atoms with Gasteiger partial charge in [0.25, 0.3) is 0 Å². The average Bonchev–Trinajstić information content (AvgIpc) is 2.01. The van der Waals surface area contributed by atoms with E-state index in [-0.39, 0.29) is 17.1 Å². The quantitative estimate of drug-likeness (QED) is 0.542. The zero-order chi connectivity index (χ0) is 9.19. The summed E-state index contributed by atoms with van der Waals surface area (Å²) in [6, 6.07) is 0. The molecule has 12 heavy (non-hydrogen) atoms. The zero-order valence-corrected chi connectivity index (χ0v) is 7.56. The molecule has 0 aromatic heterocycles. The maximum atomic E-state index is 11.0. The van der Waals surface area contributed by atoms with Gasteiger partial charge in [0, 0.05) is 5.57 Å².